The van der Waals surface area contributed by atoms with Gasteiger partial charge in [-0.3, -0.25) is 4.79 Å². The van der Waals surface area contributed by atoms with Crippen LogP contribution in [0.2, 0.25) is 0 Å². The maximum Gasteiger partial charge on any atom is 0.238 e. The van der Waals surface area contributed by atoms with Gasteiger partial charge in [0.25, 0.3) is 0 Å². The predicted octanol–water partition coefficient (Wildman–Crippen LogP) is 2.77. The van der Waals surface area contributed by atoms with E-state index in [9.17, 15) is 13.2 Å². The van der Waals surface area contributed by atoms with Crippen molar-refractivity contribution in [3.63, 3.8) is 0 Å². The maximum atomic E-state index is 12.8. The molecule has 0 saturated carbocycles. The Balaban J connectivity index is 1.99. The fourth-order valence-corrected chi connectivity index (χ4v) is 3.46. The zero-order valence-corrected chi connectivity index (χ0v) is 15.5. The fraction of sp³-hybridized carbons (Fsp3) is 0.263. The second-order valence-corrected chi connectivity index (χ2v) is 8.26. The summed E-state index contributed by atoms with van der Waals surface area (Å²) >= 11 is 0. The van der Waals surface area contributed by atoms with Gasteiger partial charge in [0.2, 0.25) is 10.0 Å². The summed E-state index contributed by atoms with van der Waals surface area (Å²) in [5.74, 6) is 1.05. The van der Waals surface area contributed by atoms with Crippen molar-refractivity contribution >= 4 is 26.8 Å². The summed E-state index contributed by atoms with van der Waals surface area (Å²) in [5.41, 5.74) is 2.04. The minimum atomic E-state index is -3.85. The van der Waals surface area contributed by atoms with Crippen molar-refractivity contribution in [2.24, 2.45) is 11.1 Å². The van der Waals surface area contributed by atoms with Gasteiger partial charge in [-0.1, -0.05) is 38.1 Å². The quantitative estimate of drug-likeness (QED) is 0.674. The van der Waals surface area contributed by atoms with Crippen LogP contribution in [0.15, 0.2) is 53.4 Å². The Bertz CT molecular complexity index is 1070. The molecule has 2 N–H and O–H groups in total. The molecule has 0 atom stereocenters. The first kappa shape index (κ1) is 18.3. The third-order valence-electron chi connectivity index (χ3n) is 4.11. The van der Waals surface area contributed by atoms with Crippen LogP contribution in [0, 0.1) is 5.92 Å². The Kier molecular flexibility index (Phi) is 4.93. The van der Waals surface area contributed by atoms with Crippen LogP contribution in [-0.2, 0) is 23.0 Å². The van der Waals surface area contributed by atoms with E-state index in [1.807, 2.05) is 28.8 Å². The Morgan fingerprint density at radius 3 is 2.58 bits per heavy atom. The molecule has 3 aromatic rings. The Morgan fingerprint density at radius 1 is 1.15 bits per heavy atom. The van der Waals surface area contributed by atoms with Crippen molar-refractivity contribution in [2.45, 2.75) is 31.7 Å². The number of benzene rings is 2. The lowest BCUT2D eigenvalue weighted by Gasteiger charge is -2.11. The largest absolute Gasteiger partial charge is 0.320 e. The van der Waals surface area contributed by atoms with Crippen molar-refractivity contribution in [2.75, 3.05) is 0 Å². The van der Waals surface area contributed by atoms with Crippen molar-refractivity contribution in [1.29, 1.82) is 0 Å². The zero-order chi connectivity index (χ0) is 18.9. The highest BCUT2D eigenvalue weighted by Gasteiger charge is 2.17. The first-order valence-corrected chi connectivity index (χ1v) is 9.90. The van der Waals surface area contributed by atoms with Gasteiger partial charge < -0.3 is 4.57 Å². The second-order valence-electron chi connectivity index (χ2n) is 6.70. The van der Waals surface area contributed by atoms with E-state index < -0.39 is 10.0 Å². The summed E-state index contributed by atoms with van der Waals surface area (Å²) in [6, 6.07) is 13.5. The van der Waals surface area contributed by atoms with E-state index in [1.54, 1.807) is 6.07 Å². The van der Waals surface area contributed by atoms with Crippen LogP contribution >= 0.6 is 0 Å². The van der Waals surface area contributed by atoms with Gasteiger partial charge in [-0.2, -0.15) is 0 Å². The van der Waals surface area contributed by atoms with Gasteiger partial charge in [-0.15, -0.1) is 0 Å². The molecule has 3 rings (SSSR count). The molecule has 7 heteroatoms. The SMILES string of the molecule is CC(C)Cc1nc2ccccc2n1CC(=O)c1cccc(S(N)(=O)=O)c1. The fourth-order valence-electron chi connectivity index (χ4n) is 2.90. The summed E-state index contributed by atoms with van der Waals surface area (Å²) in [6.07, 6.45) is 0.749. The minimum absolute atomic E-state index is 0.0683. The van der Waals surface area contributed by atoms with E-state index in [2.05, 4.69) is 18.8 Å². The number of nitrogens with two attached hydrogens (primary N) is 1. The summed E-state index contributed by atoms with van der Waals surface area (Å²) in [5, 5.41) is 5.16. The number of fused-ring (bicyclic) bond motifs is 1. The molecule has 0 radical (unpaired) electrons. The topological polar surface area (TPSA) is 95.0 Å². The van der Waals surface area contributed by atoms with Crippen molar-refractivity contribution in [3.05, 3.63) is 59.9 Å². The summed E-state index contributed by atoms with van der Waals surface area (Å²) < 4.78 is 25.0. The first-order valence-electron chi connectivity index (χ1n) is 8.36. The molecule has 0 amide bonds. The zero-order valence-electron chi connectivity index (χ0n) is 14.7. The Morgan fingerprint density at radius 2 is 1.88 bits per heavy atom. The predicted molar refractivity (Wildman–Crippen MR) is 100 cm³/mol. The van der Waals surface area contributed by atoms with E-state index in [4.69, 9.17) is 5.14 Å². The highest BCUT2D eigenvalue weighted by molar-refractivity contribution is 7.89. The molecule has 0 aliphatic rings. The summed E-state index contributed by atoms with van der Waals surface area (Å²) in [6.45, 7) is 4.29. The van der Waals surface area contributed by atoms with Gasteiger partial charge in [0.05, 0.1) is 22.5 Å². The molecule has 0 bridgehead atoms. The number of sulfonamides is 1. The standard InChI is InChI=1S/C19H21N3O3S/c1-13(2)10-19-21-16-8-3-4-9-17(16)22(19)12-18(23)14-6-5-7-15(11-14)26(20,24)25/h3-9,11,13H,10,12H2,1-2H3,(H2,20,24,25). The lowest BCUT2D eigenvalue weighted by Crippen LogP contribution is -2.16. The number of nitrogens with zero attached hydrogens (tertiary/aromatic N) is 2. The van der Waals surface area contributed by atoms with Crippen LogP contribution < -0.4 is 5.14 Å². The lowest BCUT2D eigenvalue weighted by molar-refractivity contribution is 0.0972. The molecule has 0 saturated heterocycles. The van der Waals surface area contributed by atoms with Crippen LogP contribution in [-0.4, -0.2) is 23.8 Å². The van der Waals surface area contributed by atoms with Gasteiger partial charge >= 0.3 is 0 Å². The molecule has 1 heterocycles. The number of aromatic nitrogens is 2. The molecule has 0 aliphatic heterocycles. The van der Waals surface area contributed by atoms with Gasteiger partial charge in [-0.25, -0.2) is 18.5 Å². The highest BCUT2D eigenvalue weighted by Crippen LogP contribution is 2.20. The minimum Gasteiger partial charge on any atom is -0.320 e. The maximum absolute atomic E-state index is 12.8. The third kappa shape index (κ3) is 3.84. The van der Waals surface area contributed by atoms with Crippen LogP contribution in [0.4, 0.5) is 0 Å². The summed E-state index contributed by atoms with van der Waals surface area (Å²) in [4.78, 5) is 17.4. The normalized spacial score (nSPS) is 12.0. The number of primary sulfonamides is 1. The van der Waals surface area contributed by atoms with E-state index in [-0.39, 0.29) is 17.2 Å². The number of carbonyl (C=O) groups excluding carboxylic acids is 1. The molecule has 0 aliphatic carbocycles. The molecule has 2 aromatic carbocycles. The van der Waals surface area contributed by atoms with Crippen LogP contribution in [0.5, 0.6) is 0 Å². The number of ketones is 1. The van der Waals surface area contributed by atoms with E-state index in [1.165, 1.54) is 18.2 Å². The molecular weight excluding hydrogens is 350 g/mol. The molecule has 6 nitrogen and oxygen atoms in total. The smallest absolute Gasteiger partial charge is 0.238 e. The number of carbonyl (C=O) groups is 1. The number of Topliss-reactive ketones (excluding diaryl/α,β-unsaturated/α-hetero) is 1. The summed E-state index contributed by atoms with van der Waals surface area (Å²) in [7, 11) is -3.85. The number of para-hydroxylation sites is 2. The van der Waals surface area contributed by atoms with Crippen molar-refractivity contribution < 1.29 is 13.2 Å². The van der Waals surface area contributed by atoms with Gasteiger partial charge in [0.1, 0.15) is 5.82 Å². The van der Waals surface area contributed by atoms with Crippen LogP contribution in [0.1, 0.15) is 30.0 Å². The number of rotatable bonds is 6. The Labute approximate surface area is 152 Å². The highest BCUT2D eigenvalue weighted by atomic mass is 32.2. The van der Waals surface area contributed by atoms with Gasteiger partial charge in [0, 0.05) is 12.0 Å². The van der Waals surface area contributed by atoms with E-state index in [0.29, 0.717) is 11.5 Å². The number of imidazole rings is 1. The van der Waals surface area contributed by atoms with Gasteiger partial charge in [0.15, 0.2) is 5.78 Å². The first-order chi connectivity index (χ1) is 12.3. The van der Waals surface area contributed by atoms with Crippen molar-refractivity contribution in [1.82, 2.24) is 9.55 Å². The molecule has 0 unspecified atom stereocenters. The average molecular weight is 371 g/mol. The number of hydrogen-bond donors (Lipinski definition) is 1. The molecule has 26 heavy (non-hydrogen) atoms. The second kappa shape index (κ2) is 7.01. The average Bonchev–Trinajstić information content (AvgIpc) is 2.91. The Hall–Kier alpha value is -2.51. The van der Waals surface area contributed by atoms with Crippen molar-refractivity contribution in [3.8, 4) is 0 Å². The molecule has 1 aromatic heterocycles. The number of hydrogen-bond acceptors (Lipinski definition) is 4. The molecular formula is C19H21N3O3S. The van der Waals surface area contributed by atoms with Crippen LogP contribution in [0.3, 0.4) is 0 Å². The molecule has 136 valence electrons. The molecule has 0 fully saturated rings. The van der Waals surface area contributed by atoms with Gasteiger partial charge in [-0.05, 0) is 30.2 Å². The van der Waals surface area contributed by atoms with E-state index in [0.717, 1.165) is 23.3 Å². The third-order valence-corrected chi connectivity index (χ3v) is 5.02. The van der Waals surface area contributed by atoms with E-state index >= 15 is 0 Å². The lowest BCUT2D eigenvalue weighted by atomic mass is 10.1. The monoisotopic (exact) mass is 371 g/mol. The van der Waals surface area contributed by atoms with Crippen LogP contribution in [0.25, 0.3) is 11.0 Å². The molecule has 0 spiro atoms.